The average molecular weight is 730 g/mol. The first-order chi connectivity index (χ1) is 24.8. The summed E-state index contributed by atoms with van der Waals surface area (Å²) in [4.78, 5) is 97.0. The minimum atomic E-state index is -1.28. The summed E-state index contributed by atoms with van der Waals surface area (Å²) in [6, 6.07) is -0.000705. The normalized spacial score (nSPS) is 16.2. The Bertz CT molecular complexity index is 1540. The van der Waals surface area contributed by atoms with Gasteiger partial charge in [0.25, 0.3) is 0 Å². The number of nitrogens with one attached hydrogen (secondary N) is 5. The molecule has 52 heavy (non-hydrogen) atoms. The van der Waals surface area contributed by atoms with Crippen molar-refractivity contribution in [2.24, 2.45) is 11.5 Å². The smallest absolute Gasteiger partial charge is 0.326 e. The fourth-order valence-corrected chi connectivity index (χ4v) is 5.64. The second-order valence-electron chi connectivity index (χ2n) is 12.5. The third-order valence-corrected chi connectivity index (χ3v) is 8.45. The molecule has 19 nitrogen and oxygen atoms in total. The van der Waals surface area contributed by atoms with Crippen molar-refractivity contribution in [1.82, 2.24) is 36.1 Å². The molecule has 0 unspecified atom stereocenters. The predicted octanol–water partition coefficient (Wildman–Crippen LogP) is -2.13. The second kappa shape index (κ2) is 20.3. The molecule has 284 valence electrons. The summed E-state index contributed by atoms with van der Waals surface area (Å²) in [5.74, 6) is -6.00. The lowest BCUT2D eigenvalue weighted by Gasteiger charge is -2.29. The first-order valence-electron chi connectivity index (χ1n) is 16.9. The van der Waals surface area contributed by atoms with Crippen LogP contribution in [0.3, 0.4) is 0 Å². The number of likely N-dealkylation sites (tertiary alicyclic amines) is 1. The van der Waals surface area contributed by atoms with Gasteiger partial charge in [0.2, 0.25) is 29.5 Å². The maximum Gasteiger partial charge on any atom is 0.326 e. The Labute approximate surface area is 299 Å². The van der Waals surface area contributed by atoms with Crippen LogP contribution in [0.4, 0.5) is 0 Å². The number of H-pyrrole nitrogens is 1. The van der Waals surface area contributed by atoms with E-state index in [0.29, 0.717) is 37.1 Å². The molecule has 19 heteroatoms. The van der Waals surface area contributed by atoms with E-state index in [2.05, 4.69) is 31.2 Å². The number of rotatable bonds is 21. The number of carboxylic acid groups (broad SMARTS) is 2. The lowest BCUT2D eigenvalue weighted by Crippen LogP contribution is -2.57. The number of carboxylic acids is 2. The van der Waals surface area contributed by atoms with Crippen molar-refractivity contribution in [2.45, 2.75) is 88.0 Å². The predicted molar refractivity (Wildman–Crippen MR) is 183 cm³/mol. The summed E-state index contributed by atoms with van der Waals surface area (Å²) >= 11 is 0. The van der Waals surface area contributed by atoms with Gasteiger partial charge >= 0.3 is 11.9 Å². The summed E-state index contributed by atoms with van der Waals surface area (Å²) in [6.07, 6.45) is 4.04. The van der Waals surface area contributed by atoms with Gasteiger partial charge in [0.05, 0.1) is 18.9 Å². The molecule has 0 radical (unpaired) electrons. The molecule has 3 rings (SSSR count). The number of benzene rings is 1. The number of imidazole rings is 1. The lowest BCUT2D eigenvalue weighted by molar-refractivity contribution is -0.149. The van der Waals surface area contributed by atoms with Gasteiger partial charge in [-0.1, -0.05) is 12.1 Å². The Morgan fingerprint density at radius 2 is 1.60 bits per heavy atom. The number of nitrogens with zero attached hydrogens (tertiary/aromatic N) is 2. The number of nitrogens with two attached hydrogens (primary N) is 2. The van der Waals surface area contributed by atoms with E-state index in [-0.39, 0.29) is 50.8 Å². The number of unbranched alkanes of at least 4 members (excludes halogenated alkanes) is 1. The highest BCUT2D eigenvalue weighted by Gasteiger charge is 2.38. The van der Waals surface area contributed by atoms with E-state index in [1.165, 1.54) is 29.6 Å². The molecular weight excluding hydrogens is 682 g/mol. The van der Waals surface area contributed by atoms with Crippen molar-refractivity contribution in [3.8, 4) is 5.75 Å². The zero-order chi connectivity index (χ0) is 38.2. The molecule has 2 aromatic rings. The summed E-state index contributed by atoms with van der Waals surface area (Å²) in [7, 11) is 0. The zero-order valence-electron chi connectivity index (χ0n) is 28.6. The fourth-order valence-electron chi connectivity index (χ4n) is 5.64. The molecule has 1 saturated heterocycles. The lowest BCUT2D eigenvalue weighted by atomic mass is 10.0. The van der Waals surface area contributed by atoms with Gasteiger partial charge in [-0.05, 0) is 62.8 Å². The Kier molecular flexibility index (Phi) is 16.0. The van der Waals surface area contributed by atoms with Gasteiger partial charge in [-0.15, -0.1) is 0 Å². The van der Waals surface area contributed by atoms with Crippen molar-refractivity contribution in [1.29, 1.82) is 0 Å². The van der Waals surface area contributed by atoms with Crippen molar-refractivity contribution in [2.75, 3.05) is 19.6 Å². The highest BCUT2D eigenvalue weighted by atomic mass is 16.4. The molecule has 0 saturated carbocycles. The number of aromatic nitrogens is 2. The van der Waals surface area contributed by atoms with Crippen molar-refractivity contribution in [3.05, 3.63) is 48.0 Å². The number of phenolic OH excluding ortho intramolecular Hbond substituents is 1. The molecule has 1 aliphatic heterocycles. The number of aromatic hydroxyl groups is 1. The summed E-state index contributed by atoms with van der Waals surface area (Å²) < 4.78 is 0. The van der Waals surface area contributed by atoms with E-state index in [9.17, 15) is 43.8 Å². The monoisotopic (exact) mass is 729 g/mol. The number of amides is 5. The van der Waals surface area contributed by atoms with E-state index in [4.69, 9.17) is 16.6 Å². The van der Waals surface area contributed by atoms with Crippen LogP contribution in [0.1, 0.15) is 56.2 Å². The highest BCUT2D eigenvalue weighted by molar-refractivity contribution is 5.95. The zero-order valence-corrected chi connectivity index (χ0v) is 28.6. The molecule has 1 aromatic heterocycles. The molecule has 1 fully saturated rings. The maximum absolute atomic E-state index is 13.8. The van der Waals surface area contributed by atoms with Gasteiger partial charge in [0.1, 0.15) is 29.9 Å². The third-order valence-electron chi connectivity index (χ3n) is 8.45. The van der Waals surface area contributed by atoms with Gasteiger partial charge in [-0.2, -0.15) is 0 Å². The van der Waals surface area contributed by atoms with Crippen LogP contribution in [0.25, 0.3) is 0 Å². The van der Waals surface area contributed by atoms with E-state index < -0.39 is 78.2 Å². The number of aliphatic carboxylic acids is 2. The molecule has 0 bridgehead atoms. The summed E-state index contributed by atoms with van der Waals surface area (Å²) in [5.41, 5.74) is 12.4. The molecule has 1 aliphatic rings. The van der Waals surface area contributed by atoms with E-state index in [0.717, 1.165) is 0 Å². The van der Waals surface area contributed by atoms with Crippen molar-refractivity contribution in [3.63, 3.8) is 0 Å². The first-order valence-corrected chi connectivity index (χ1v) is 16.9. The highest BCUT2D eigenvalue weighted by Crippen LogP contribution is 2.20. The number of phenols is 1. The van der Waals surface area contributed by atoms with Gasteiger partial charge in [-0.3, -0.25) is 28.8 Å². The number of hydrogen-bond donors (Lipinski definition) is 10. The minimum Gasteiger partial charge on any atom is -0.508 e. The van der Waals surface area contributed by atoms with Crippen LogP contribution < -0.4 is 32.7 Å². The van der Waals surface area contributed by atoms with Crippen LogP contribution in [0.5, 0.6) is 5.75 Å². The number of carbonyl (C=O) groups is 7. The molecule has 5 amide bonds. The van der Waals surface area contributed by atoms with Crippen LogP contribution >= 0.6 is 0 Å². The fraction of sp³-hybridized carbons (Fsp3) is 0.515. The third kappa shape index (κ3) is 13.0. The average Bonchev–Trinajstić information content (AvgIpc) is 3.82. The SMILES string of the molecule is NCCCC[C@H](NC(=O)[C@H](Cc1ccc(O)cc1)NC(=O)CNC(=O)[C@H](Cc1cnc[nH]1)NC(=O)[C@@H](N)CCC(=O)O)C(=O)N1CCC[C@H]1C(=O)O. The summed E-state index contributed by atoms with van der Waals surface area (Å²) in [6.45, 7) is -0.0837. The van der Waals surface area contributed by atoms with Crippen LogP contribution in [-0.2, 0) is 46.4 Å². The number of aromatic amines is 1. The molecule has 0 aliphatic carbocycles. The second-order valence-corrected chi connectivity index (χ2v) is 12.5. The quantitative estimate of drug-likeness (QED) is 0.0615. The van der Waals surface area contributed by atoms with Crippen molar-refractivity contribution < 1.29 is 48.9 Å². The minimum absolute atomic E-state index is 0.0275. The Balaban J connectivity index is 1.74. The van der Waals surface area contributed by atoms with Crippen LogP contribution in [0.2, 0.25) is 0 Å². The number of carbonyl (C=O) groups excluding carboxylic acids is 5. The van der Waals surface area contributed by atoms with Gasteiger partial charge in [0, 0.05) is 37.7 Å². The van der Waals surface area contributed by atoms with Gasteiger partial charge in [-0.25, -0.2) is 9.78 Å². The molecule has 2 heterocycles. The molecule has 1 aromatic carbocycles. The van der Waals surface area contributed by atoms with Crippen LogP contribution in [0.15, 0.2) is 36.8 Å². The summed E-state index contributed by atoms with van der Waals surface area (Å²) in [5, 5.41) is 38.4. The first kappa shape index (κ1) is 40.9. The maximum atomic E-state index is 13.8. The van der Waals surface area contributed by atoms with Crippen molar-refractivity contribution >= 4 is 41.5 Å². The van der Waals surface area contributed by atoms with E-state index in [1.807, 2.05) is 0 Å². The molecule has 5 atom stereocenters. The van der Waals surface area contributed by atoms with Crippen LogP contribution in [-0.4, -0.2) is 122 Å². The number of hydrogen-bond acceptors (Lipinski definition) is 11. The molecular formula is C33H47N9O10. The topological polar surface area (TPSA) is 312 Å². The molecule has 12 N–H and O–H groups in total. The largest absolute Gasteiger partial charge is 0.508 e. The van der Waals surface area contributed by atoms with Gasteiger partial charge < -0.3 is 57.9 Å². The van der Waals surface area contributed by atoms with Gasteiger partial charge in [0.15, 0.2) is 0 Å². The standard InChI is InChI=1S/C33H47N9O10/c34-12-2-1-4-23(32(50)42-13-3-5-26(42)33(51)52)40-31(49)24(14-19-6-8-21(43)9-7-19)39-27(44)17-37-30(48)25(15-20-16-36-18-38-20)41-29(47)22(35)10-11-28(45)46/h6-9,16,18,22-26,43H,1-5,10-15,17,34-35H2,(H,36,38)(H,37,48)(H,39,44)(H,40,49)(H,41,47)(H,45,46)(H,51,52)/t22-,23-,24-,25-,26-/m0/s1. The van der Waals surface area contributed by atoms with E-state index in [1.54, 1.807) is 12.1 Å². The van der Waals surface area contributed by atoms with Crippen LogP contribution in [0, 0.1) is 0 Å². The Hall–Kier alpha value is -5.56. The Morgan fingerprint density at radius 3 is 2.23 bits per heavy atom. The van der Waals surface area contributed by atoms with E-state index >= 15 is 0 Å². The molecule has 0 spiro atoms. The Morgan fingerprint density at radius 1 is 0.904 bits per heavy atom.